The maximum absolute atomic E-state index is 13.6. The van der Waals surface area contributed by atoms with Crippen LogP contribution in [0.3, 0.4) is 0 Å². The van der Waals surface area contributed by atoms with E-state index in [9.17, 15) is 14.7 Å². The molecule has 0 spiro atoms. The second kappa shape index (κ2) is 7.68. The Bertz CT molecular complexity index is 1390. The highest BCUT2D eigenvalue weighted by Gasteiger charge is 2.25. The first-order valence-corrected chi connectivity index (χ1v) is 9.71. The van der Waals surface area contributed by atoms with Gasteiger partial charge in [-0.25, -0.2) is 4.68 Å². The third kappa shape index (κ3) is 3.54. The number of ether oxygens (including phenoxy) is 1. The minimum Gasteiger partial charge on any atom is -0.502 e. The molecule has 2 aromatic heterocycles. The van der Waals surface area contributed by atoms with E-state index in [1.807, 2.05) is 32.0 Å². The largest absolute Gasteiger partial charge is 0.502 e. The van der Waals surface area contributed by atoms with Crippen LogP contribution in [0.4, 0.5) is 0 Å². The van der Waals surface area contributed by atoms with Gasteiger partial charge >= 0.3 is 0 Å². The van der Waals surface area contributed by atoms with Gasteiger partial charge in [-0.05, 0) is 62.2 Å². The number of aromatic amines is 1. The zero-order valence-electron chi connectivity index (χ0n) is 17.6. The summed E-state index contributed by atoms with van der Waals surface area (Å²) in [6, 6.07) is 14.1. The normalized spacial score (nSPS) is 11.0. The van der Waals surface area contributed by atoms with Gasteiger partial charge in [-0.1, -0.05) is 12.1 Å². The Balaban J connectivity index is 2.07. The number of nitrogens with zero attached hydrogens (tertiary/aromatic N) is 1. The molecule has 7 nitrogen and oxygen atoms in total. The third-order valence-electron chi connectivity index (χ3n) is 5.15. The average Bonchev–Trinajstić information content (AvgIpc) is 3.09. The zero-order valence-corrected chi connectivity index (χ0v) is 17.6. The molecule has 2 aromatic carbocycles. The molecule has 2 heterocycles. The quantitative estimate of drug-likeness (QED) is 0.520. The lowest BCUT2D eigenvalue weighted by molar-refractivity contribution is 0.415. The molecule has 0 bridgehead atoms. The van der Waals surface area contributed by atoms with Gasteiger partial charge in [0.25, 0.3) is 5.56 Å². The van der Waals surface area contributed by atoms with Gasteiger partial charge in [0.05, 0.1) is 18.5 Å². The Morgan fingerprint density at radius 1 is 1.00 bits per heavy atom. The summed E-state index contributed by atoms with van der Waals surface area (Å²) in [7, 11) is 1.57. The molecule has 0 atom stereocenters. The summed E-state index contributed by atoms with van der Waals surface area (Å²) in [6.45, 7) is 5.43. The Hall–Kier alpha value is -4.00. The van der Waals surface area contributed by atoms with Crippen molar-refractivity contribution in [3.05, 3.63) is 86.0 Å². The van der Waals surface area contributed by atoms with Crippen LogP contribution in [0, 0.1) is 20.8 Å². The highest BCUT2D eigenvalue weighted by molar-refractivity contribution is 5.81. The minimum atomic E-state index is -0.613. The van der Waals surface area contributed by atoms with Crippen molar-refractivity contribution in [2.75, 3.05) is 7.11 Å². The average molecular weight is 418 g/mol. The van der Waals surface area contributed by atoms with Gasteiger partial charge in [-0.3, -0.25) is 14.7 Å². The summed E-state index contributed by atoms with van der Waals surface area (Å²) >= 11 is 0. The Kier molecular flexibility index (Phi) is 5.02. The molecule has 2 N–H and O–H groups in total. The lowest BCUT2D eigenvalue weighted by Gasteiger charge is -2.07. The minimum absolute atomic E-state index is 0.0735. The van der Waals surface area contributed by atoms with E-state index in [4.69, 9.17) is 9.15 Å². The van der Waals surface area contributed by atoms with Crippen molar-refractivity contribution < 1.29 is 14.3 Å². The number of benzene rings is 2. The molecule has 0 unspecified atom stereocenters. The predicted molar refractivity (Wildman–Crippen MR) is 118 cm³/mol. The van der Waals surface area contributed by atoms with Gasteiger partial charge < -0.3 is 14.3 Å². The maximum Gasteiger partial charge on any atom is 0.283 e. The number of aromatic hydroxyl groups is 1. The molecule has 0 radical (unpaired) electrons. The first-order chi connectivity index (χ1) is 14.8. The molecule has 4 rings (SSSR count). The fourth-order valence-corrected chi connectivity index (χ4v) is 3.52. The van der Waals surface area contributed by atoms with E-state index < -0.39 is 16.7 Å². The van der Waals surface area contributed by atoms with E-state index in [1.54, 1.807) is 38.3 Å². The van der Waals surface area contributed by atoms with Crippen LogP contribution in [0.2, 0.25) is 0 Å². The van der Waals surface area contributed by atoms with Crippen molar-refractivity contribution in [3.8, 4) is 39.8 Å². The lowest BCUT2D eigenvalue weighted by Crippen LogP contribution is -2.17. The van der Waals surface area contributed by atoms with Crippen LogP contribution in [0.1, 0.15) is 16.9 Å². The molecular formula is C24H22N2O5. The standard InChI is InChI=1S/C24H22N2O5/c1-13-5-6-14(2)18(11-13)26-24(29)20(23-22(28)19(27)12-15(3)31-23)21(25-26)16-7-9-17(30-4)10-8-16/h5-12,25,28H,1-4H3. The van der Waals surface area contributed by atoms with Crippen molar-refractivity contribution in [1.29, 1.82) is 0 Å². The second-order valence-corrected chi connectivity index (χ2v) is 7.42. The van der Waals surface area contributed by atoms with E-state index in [-0.39, 0.29) is 17.1 Å². The third-order valence-corrected chi connectivity index (χ3v) is 5.15. The summed E-state index contributed by atoms with van der Waals surface area (Å²) < 4.78 is 12.3. The zero-order chi connectivity index (χ0) is 22.3. The number of nitrogens with one attached hydrogen (secondary N) is 1. The number of aryl methyl sites for hydroxylation is 3. The summed E-state index contributed by atoms with van der Waals surface area (Å²) in [5.41, 5.74) is 2.64. The summed E-state index contributed by atoms with van der Waals surface area (Å²) in [6.07, 6.45) is 0. The van der Waals surface area contributed by atoms with Gasteiger partial charge in [0.1, 0.15) is 17.1 Å². The highest BCUT2D eigenvalue weighted by atomic mass is 16.5. The van der Waals surface area contributed by atoms with Crippen LogP contribution in [0.15, 0.2) is 62.5 Å². The summed E-state index contributed by atoms with van der Waals surface area (Å²) in [5, 5.41) is 13.6. The van der Waals surface area contributed by atoms with Gasteiger partial charge in [0, 0.05) is 11.6 Å². The molecule has 158 valence electrons. The Morgan fingerprint density at radius 3 is 2.39 bits per heavy atom. The smallest absolute Gasteiger partial charge is 0.283 e. The van der Waals surface area contributed by atoms with Crippen molar-refractivity contribution in [2.24, 2.45) is 0 Å². The SMILES string of the molecule is COc1ccc(-c2[nH]n(-c3cc(C)ccc3C)c(=O)c2-c2oc(C)cc(=O)c2O)cc1. The number of hydrogen-bond acceptors (Lipinski definition) is 5. The predicted octanol–water partition coefficient (Wildman–Crippen LogP) is 4.09. The maximum atomic E-state index is 13.6. The number of methoxy groups -OCH3 is 1. The van der Waals surface area contributed by atoms with E-state index in [1.165, 1.54) is 10.7 Å². The van der Waals surface area contributed by atoms with E-state index in [2.05, 4.69) is 5.10 Å². The molecular weight excluding hydrogens is 396 g/mol. The van der Waals surface area contributed by atoms with Crippen LogP contribution < -0.4 is 15.7 Å². The highest BCUT2D eigenvalue weighted by Crippen LogP contribution is 2.34. The van der Waals surface area contributed by atoms with Gasteiger partial charge in [0.2, 0.25) is 11.2 Å². The number of hydrogen-bond donors (Lipinski definition) is 2. The van der Waals surface area contributed by atoms with Crippen LogP contribution in [-0.4, -0.2) is 22.0 Å². The molecule has 0 fully saturated rings. The molecule has 0 aliphatic carbocycles. The monoisotopic (exact) mass is 418 g/mol. The van der Waals surface area contributed by atoms with Gasteiger partial charge in [-0.15, -0.1) is 0 Å². The number of rotatable bonds is 4. The molecule has 0 saturated carbocycles. The summed E-state index contributed by atoms with van der Waals surface area (Å²) in [5.74, 6) is 0.176. The molecule has 0 amide bonds. The van der Waals surface area contributed by atoms with Crippen molar-refractivity contribution in [2.45, 2.75) is 20.8 Å². The van der Waals surface area contributed by atoms with Crippen molar-refractivity contribution in [1.82, 2.24) is 9.78 Å². The molecule has 0 aliphatic rings. The topological polar surface area (TPSA) is 97.5 Å². The van der Waals surface area contributed by atoms with Crippen LogP contribution >= 0.6 is 0 Å². The van der Waals surface area contributed by atoms with Crippen molar-refractivity contribution >= 4 is 0 Å². The first kappa shape index (κ1) is 20.3. The van der Waals surface area contributed by atoms with Crippen LogP contribution in [-0.2, 0) is 0 Å². The number of aromatic nitrogens is 2. The molecule has 4 aromatic rings. The fourth-order valence-electron chi connectivity index (χ4n) is 3.52. The fraction of sp³-hybridized carbons (Fsp3) is 0.167. The first-order valence-electron chi connectivity index (χ1n) is 9.71. The van der Waals surface area contributed by atoms with Gasteiger partial charge in [0.15, 0.2) is 5.76 Å². The van der Waals surface area contributed by atoms with Crippen LogP contribution in [0.5, 0.6) is 11.5 Å². The van der Waals surface area contributed by atoms with E-state index in [0.29, 0.717) is 22.7 Å². The van der Waals surface area contributed by atoms with Gasteiger partial charge in [-0.2, -0.15) is 0 Å². The van der Waals surface area contributed by atoms with E-state index in [0.717, 1.165) is 11.1 Å². The molecule has 31 heavy (non-hydrogen) atoms. The Labute approximate surface area is 178 Å². The molecule has 0 aliphatic heterocycles. The van der Waals surface area contributed by atoms with Crippen LogP contribution in [0.25, 0.3) is 28.3 Å². The number of H-pyrrole nitrogens is 1. The van der Waals surface area contributed by atoms with E-state index >= 15 is 0 Å². The summed E-state index contributed by atoms with van der Waals surface area (Å²) in [4.78, 5) is 25.8. The Morgan fingerprint density at radius 2 is 1.71 bits per heavy atom. The molecule has 7 heteroatoms. The molecule has 0 saturated heterocycles. The lowest BCUT2D eigenvalue weighted by atomic mass is 10.1. The second-order valence-electron chi connectivity index (χ2n) is 7.42. The van der Waals surface area contributed by atoms with Crippen molar-refractivity contribution in [3.63, 3.8) is 0 Å².